The molecule has 3 heteroatoms. The van der Waals surface area contributed by atoms with Crippen molar-refractivity contribution in [3.63, 3.8) is 0 Å². The van der Waals surface area contributed by atoms with Gasteiger partial charge in [0.05, 0.1) is 0 Å². The Hall–Kier alpha value is -2.49. The highest BCUT2D eigenvalue weighted by molar-refractivity contribution is 7.99. The van der Waals surface area contributed by atoms with E-state index < -0.39 is 0 Å². The van der Waals surface area contributed by atoms with E-state index in [-0.39, 0.29) is 0 Å². The highest BCUT2D eigenvalue weighted by Gasteiger charge is 1.98. The van der Waals surface area contributed by atoms with Crippen molar-refractivity contribution in [1.82, 2.24) is 0 Å². The van der Waals surface area contributed by atoms with Gasteiger partial charge < -0.3 is 10.2 Å². The Kier molecular flexibility index (Phi) is 11.4. The number of thioether (sulfide) groups is 1. The molecule has 0 unspecified atom stereocenters. The molecule has 2 aromatic rings. The molecule has 0 heterocycles. The van der Waals surface area contributed by atoms with Crippen molar-refractivity contribution in [2.75, 3.05) is 11.5 Å². The van der Waals surface area contributed by atoms with Gasteiger partial charge in [0, 0.05) is 37.2 Å². The summed E-state index contributed by atoms with van der Waals surface area (Å²) in [7, 11) is 0. The van der Waals surface area contributed by atoms with Gasteiger partial charge in [0.25, 0.3) is 0 Å². The van der Waals surface area contributed by atoms with Gasteiger partial charge in [-0.2, -0.15) is 11.8 Å². The molecule has 2 N–H and O–H groups in total. The van der Waals surface area contributed by atoms with Crippen molar-refractivity contribution >= 4 is 11.8 Å². The van der Waals surface area contributed by atoms with Gasteiger partial charge >= 0.3 is 0 Å². The lowest BCUT2D eigenvalue weighted by molar-refractivity contribution is 0.467. The lowest BCUT2D eigenvalue weighted by atomic mass is 10.1. The summed E-state index contributed by atoms with van der Waals surface area (Å²) in [5.74, 6) is 15.8. The van der Waals surface area contributed by atoms with E-state index in [9.17, 15) is 10.2 Å². The van der Waals surface area contributed by atoms with Gasteiger partial charge in [0.1, 0.15) is 11.5 Å². The number of phenols is 2. The number of aromatic hydroxyl groups is 2. The maximum Gasteiger partial charge on any atom is 0.118 e. The van der Waals surface area contributed by atoms with Crippen LogP contribution in [0.5, 0.6) is 11.5 Å². The first-order valence-corrected chi connectivity index (χ1v) is 11.5. The molecule has 0 atom stereocenters. The molecule has 0 spiro atoms. The van der Waals surface area contributed by atoms with Crippen molar-refractivity contribution in [3.05, 3.63) is 59.7 Å². The molecular weight excluding hydrogens is 376 g/mol. The summed E-state index contributed by atoms with van der Waals surface area (Å²) in [6.07, 6.45) is 7.33. The standard InChI is InChI=1S/C26H30O2S/c27-25-19-11-9-17-23(25)15-7-3-1-5-13-21-29-22-14-6-2-4-8-16-24-18-10-12-20-26(24)28/h9-12,17-20,27-28H,3-4,7-8,13-16,21-22H2. The van der Waals surface area contributed by atoms with E-state index in [1.165, 1.54) is 0 Å². The zero-order chi connectivity index (χ0) is 20.6. The van der Waals surface area contributed by atoms with Crippen LogP contribution in [0.2, 0.25) is 0 Å². The lowest BCUT2D eigenvalue weighted by Gasteiger charge is -2.01. The Morgan fingerprint density at radius 2 is 1.00 bits per heavy atom. The molecule has 0 aliphatic rings. The summed E-state index contributed by atoms with van der Waals surface area (Å²) < 4.78 is 0. The minimum Gasteiger partial charge on any atom is -0.508 e. The molecule has 2 aromatic carbocycles. The molecule has 0 aliphatic heterocycles. The quantitative estimate of drug-likeness (QED) is 0.378. The van der Waals surface area contributed by atoms with E-state index >= 15 is 0 Å². The zero-order valence-electron chi connectivity index (χ0n) is 17.0. The Labute approximate surface area is 179 Å². The molecule has 0 saturated heterocycles. The molecule has 0 aromatic heterocycles. The summed E-state index contributed by atoms with van der Waals surface area (Å²) in [4.78, 5) is 0. The average Bonchev–Trinajstić information content (AvgIpc) is 2.73. The molecule has 152 valence electrons. The fourth-order valence-electron chi connectivity index (χ4n) is 2.88. The molecule has 0 saturated carbocycles. The topological polar surface area (TPSA) is 40.5 Å². The van der Waals surface area contributed by atoms with E-state index in [0.29, 0.717) is 11.5 Å². The van der Waals surface area contributed by atoms with Crippen molar-refractivity contribution < 1.29 is 10.2 Å². The first-order chi connectivity index (χ1) is 14.3. The third-order valence-electron chi connectivity index (χ3n) is 4.47. The minimum absolute atomic E-state index is 0.385. The number of para-hydroxylation sites is 2. The van der Waals surface area contributed by atoms with E-state index in [1.807, 2.05) is 48.2 Å². The highest BCUT2D eigenvalue weighted by atomic mass is 32.2. The van der Waals surface area contributed by atoms with Gasteiger partial charge in [-0.1, -0.05) is 36.4 Å². The molecule has 0 amide bonds. The summed E-state index contributed by atoms with van der Waals surface area (Å²) in [5, 5.41) is 19.4. The van der Waals surface area contributed by atoms with Crippen molar-refractivity contribution in [1.29, 1.82) is 0 Å². The third-order valence-corrected chi connectivity index (χ3v) is 5.46. The van der Waals surface area contributed by atoms with Gasteiger partial charge in [-0.15, -0.1) is 23.7 Å². The fraction of sp³-hybridized carbons (Fsp3) is 0.385. The van der Waals surface area contributed by atoms with Crippen LogP contribution in [0.3, 0.4) is 0 Å². The molecule has 29 heavy (non-hydrogen) atoms. The summed E-state index contributed by atoms with van der Waals surface area (Å²) in [5.41, 5.74) is 2.01. The van der Waals surface area contributed by atoms with Crippen molar-refractivity contribution in [2.45, 2.75) is 51.4 Å². The summed E-state index contributed by atoms with van der Waals surface area (Å²) in [6, 6.07) is 15.0. The van der Waals surface area contributed by atoms with Gasteiger partial charge in [-0.05, 0) is 48.9 Å². The Bertz CT molecular complexity index is 780. The second-order valence-electron chi connectivity index (χ2n) is 6.78. The van der Waals surface area contributed by atoms with Crippen molar-refractivity contribution in [2.24, 2.45) is 0 Å². The zero-order valence-corrected chi connectivity index (χ0v) is 17.8. The van der Waals surface area contributed by atoms with E-state index in [2.05, 4.69) is 23.7 Å². The van der Waals surface area contributed by atoms with Crippen LogP contribution in [0.4, 0.5) is 0 Å². The largest absolute Gasteiger partial charge is 0.508 e. The minimum atomic E-state index is 0.385. The number of hydrogen-bond donors (Lipinski definition) is 2. The van der Waals surface area contributed by atoms with Gasteiger partial charge in [-0.3, -0.25) is 0 Å². The van der Waals surface area contributed by atoms with Crippen LogP contribution in [-0.4, -0.2) is 21.7 Å². The van der Waals surface area contributed by atoms with Crippen LogP contribution in [0, 0.1) is 23.7 Å². The Balaban J connectivity index is 1.42. The molecule has 2 rings (SSSR count). The predicted octanol–water partition coefficient (Wildman–Crippen LogP) is 5.96. The monoisotopic (exact) mass is 406 g/mol. The van der Waals surface area contributed by atoms with Crippen LogP contribution in [0.25, 0.3) is 0 Å². The van der Waals surface area contributed by atoms with E-state index in [1.54, 1.807) is 12.1 Å². The highest BCUT2D eigenvalue weighted by Crippen LogP contribution is 2.18. The molecule has 0 radical (unpaired) electrons. The second kappa shape index (κ2) is 14.5. The van der Waals surface area contributed by atoms with Gasteiger partial charge in [0.15, 0.2) is 0 Å². The second-order valence-corrected chi connectivity index (χ2v) is 8.01. The molecule has 0 aliphatic carbocycles. The molecule has 2 nitrogen and oxygen atoms in total. The van der Waals surface area contributed by atoms with Crippen LogP contribution < -0.4 is 0 Å². The molecule has 0 fully saturated rings. The normalized spacial score (nSPS) is 9.93. The van der Waals surface area contributed by atoms with E-state index in [4.69, 9.17) is 0 Å². The van der Waals surface area contributed by atoms with Crippen LogP contribution in [0.15, 0.2) is 48.5 Å². The first kappa shape index (κ1) is 22.8. The maximum absolute atomic E-state index is 9.71. The number of aryl methyl sites for hydroxylation is 2. The summed E-state index contributed by atoms with van der Waals surface area (Å²) in [6.45, 7) is 0. The fourth-order valence-corrected chi connectivity index (χ4v) is 3.58. The molecule has 0 bridgehead atoms. The Morgan fingerprint density at radius 3 is 1.45 bits per heavy atom. The predicted molar refractivity (Wildman–Crippen MR) is 124 cm³/mol. The third kappa shape index (κ3) is 10.0. The smallest absolute Gasteiger partial charge is 0.118 e. The lowest BCUT2D eigenvalue weighted by Crippen LogP contribution is -1.85. The van der Waals surface area contributed by atoms with Gasteiger partial charge in [-0.25, -0.2) is 0 Å². The number of benzene rings is 2. The first-order valence-electron chi connectivity index (χ1n) is 10.3. The number of unbranched alkanes of at least 4 members (excludes halogenated alkanes) is 2. The van der Waals surface area contributed by atoms with Crippen molar-refractivity contribution in [3.8, 4) is 35.2 Å². The van der Waals surface area contributed by atoms with E-state index in [0.717, 1.165) is 74.0 Å². The number of phenolic OH excluding ortho intramolecular Hbond substituents is 2. The van der Waals surface area contributed by atoms with Gasteiger partial charge in [0.2, 0.25) is 0 Å². The average molecular weight is 407 g/mol. The van der Waals surface area contributed by atoms with Crippen LogP contribution in [-0.2, 0) is 12.8 Å². The number of rotatable bonds is 10. The summed E-state index contributed by atoms with van der Waals surface area (Å²) >= 11 is 1.91. The Morgan fingerprint density at radius 1 is 0.586 bits per heavy atom. The molecular formula is C26H30O2S. The van der Waals surface area contributed by atoms with Crippen LogP contribution >= 0.6 is 11.8 Å². The SMILES string of the molecule is Oc1ccccc1CCCC#CCCSCCC#CCCCc1ccccc1O. The number of hydrogen-bond acceptors (Lipinski definition) is 3. The maximum atomic E-state index is 9.71. The van der Waals surface area contributed by atoms with Crippen LogP contribution in [0.1, 0.15) is 49.7 Å².